The maximum absolute atomic E-state index is 12.8. The molecule has 0 atom stereocenters. The van der Waals surface area contributed by atoms with Gasteiger partial charge in [0.05, 0.1) is 24.4 Å². The van der Waals surface area contributed by atoms with Crippen LogP contribution < -0.4 is 10.1 Å². The minimum atomic E-state index is -4.33. The van der Waals surface area contributed by atoms with E-state index < -0.39 is 11.7 Å². The third kappa shape index (κ3) is 8.33. The van der Waals surface area contributed by atoms with Crippen LogP contribution in [0.25, 0.3) is 11.1 Å². The van der Waals surface area contributed by atoms with Gasteiger partial charge in [0.1, 0.15) is 5.75 Å². The molecule has 0 radical (unpaired) electrons. The lowest BCUT2D eigenvalue weighted by atomic mass is 9.94. The fraction of sp³-hybridized carbons (Fsp3) is 0.406. The summed E-state index contributed by atoms with van der Waals surface area (Å²) in [4.78, 5) is 11.4. The van der Waals surface area contributed by atoms with Crippen molar-refractivity contribution in [3.8, 4) is 16.9 Å². The molecule has 0 aromatic heterocycles. The summed E-state index contributed by atoms with van der Waals surface area (Å²) in [6.45, 7) is 4.54. The Hall–Kier alpha value is -3.32. The van der Waals surface area contributed by atoms with Crippen molar-refractivity contribution in [1.82, 2.24) is 5.32 Å². The molecule has 1 aliphatic rings. The lowest BCUT2D eigenvalue weighted by Gasteiger charge is -2.29. The molecule has 4 rings (SSSR count). The number of ether oxygens (including phenoxy) is 2. The number of carbonyl (C=O) groups excluding carboxylic acids is 1. The Morgan fingerprint density at radius 1 is 0.923 bits per heavy atom. The number of halogens is 3. The number of alkyl halides is 3. The minimum Gasteiger partial charge on any atom is -0.490 e. The molecule has 0 spiro atoms. The highest BCUT2D eigenvalue weighted by Gasteiger charge is 2.30. The van der Waals surface area contributed by atoms with Gasteiger partial charge in [0.2, 0.25) is 5.91 Å². The van der Waals surface area contributed by atoms with Crippen LogP contribution in [0.2, 0.25) is 0 Å². The lowest BCUT2D eigenvalue weighted by Crippen LogP contribution is -2.28. The molecule has 0 bridgehead atoms. The van der Waals surface area contributed by atoms with E-state index in [0.29, 0.717) is 13.2 Å². The van der Waals surface area contributed by atoms with Crippen molar-refractivity contribution in [2.75, 3.05) is 6.54 Å². The first-order chi connectivity index (χ1) is 18.7. The van der Waals surface area contributed by atoms with Crippen LogP contribution in [0.5, 0.6) is 5.75 Å². The predicted molar refractivity (Wildman–Crippen MR) is 147 cm³/mol. The van der Waals surface area contributed by atoms with Crippen molar-refractivity contribution < 1.29 is 27.4 Å². The molecule has 7 heteroatoms. The SMILES string of the molecule is CCc1cccc(-c2cc(OC3CCC(OCc4ccc(C(F)(F)F)cc4)CC3)ccc2CCNC(C)=O)c1. The number of rotatable bonds is 10. The lowest BCUT2D eigenvalue weighted by molar-refractivity contribution is -0.137. The fourth-order valence-electron chi connectivity index (χ4n) is 4.96. The molecule has 1 N–H and O–H groups in total. The van der Waals surface area contributed by atoms with E-state index in [9.17, 15) is 18.0 Å². The summed E-state index contributed by atoms with van der Waals surface area (Å²) >= 11 is 0. The second-order valence-electron chi connectivity index (χ2n) is 10.1. The number of hydrogen-bond acceptors (Lipinski definition) is 3. The number of amides is 1. The Kier molecular flexibility index (Phi) is 9.68. The molecule has 0 heterocycles. The highest BCUT2D eigenvalue weighted by Crippen LogP contribution is 2.33. The topological polar surface area (TPSA) is 47.6 Å². The average Bonchev–Trinajstić information content (AvgIpc) is 2.93. The van der Waals surface area contributed by atoms with Crippen LogP contribution in [0, 0.1) is 0 Å². The number of aryl methyl sites for hydroxylation is 1. The van der Waals surface area contributed by atoms with Gasteiger partial charge in [-0.05, 0) is 90.6 Å². The summed E-state index contributed by atoms with van der Waals surface area (Å²) in [7, 11) is 0. The molecule has 3 aromatic carbocycles. The van der Waals surface area contributed by atoms with Gasteiger partial charge in [0.25, 0.3) is 0 Å². The molecule has 39 heavy (non-hydrogen) atoms. The van der Waals surface area contributed by atoms with Crippen molar-refractivity contribution in [3.05, 3.63) is 89.0 Å². The van der Waals surface area contributed by atoms with E-state index in [1.54, 1.807) is 0 Å². The smallest absolute Gasteiger partial charge is 0.416 e. The highest BCUT2D eigenvalue weighted by molar-refractivity contribution is 5.73. The third-order valence-electron chi connectivity index (χ3n) is 7.19. The van der Waals surface area contributed by atoms with Crippen LogP contribution in [-0.2, 0) is 35.2 Å². The maximum atomic E-state index is 12.8. The van der Waals surface area contributed by atoms with E-state index >= 15 is 0 Å². The van der Waals surface area contributed by atoms with Crippen LogP contribution in [0.3, 0.4) is 0 Å². The Morgan fingerprint density at radius 3 is 2.31 bits per heavy atom. The van der Waals surface area contributed by atoms with Gasteiger partial charge in [0.15, 0.2) is 0 Å². The molecule has 3 aromatic rings. The van der Waals surface area contributed by atoms with Crippen LogP contribution in [-0.4, -0.2) is 24.7 Å². The van der Waals surface area contributed by atoms with Gasteiger partial charge in [-0.2, -0.15) is 13.2 Å². The molecule has 1 saturated carbocycles. The minimum absolute atomic E-state index is 0.0385. The maximum Gasteiger partial charge on any atom is 0.416 e. The third-order valence-corrected chi connectivity index (χ3v) is 7.19. The van der Waals surface area contributed by atoms with Crippen LogP contribution in [0.4, 0.5) is 13.2 Å². The monoisotopic (exact) mass is 539 g/mol. The van der Waals surface area contributed by atoms with Crippen LogP contribution in [0.1, 0.15) is 61.8 Å². The second-order valence-corrected chi connectivity index (χ2v) is 10.1. The van der Waals surface area contributed by atoms with Crippen molar-refractivity contribution in [1.29, 1.82) is 0 Å². The first kappa shape index (κ1) is 28.7. The Morgan fingerprint density at radius 2 is 1.64 bits per heavy atom. The summed E-state index contributed by atoms with van der Waals surface area (Å²) in [5, 5.41) is 2.88. The van der Waals surface area contributed by atoms with E-state index in [1.807, 2.05) is 6.07 Å². The quantitative estimate of drug-likeness (QED) is 0.290. The molecule has 1 aliphatic carbocycles. The average molecular weight is 540 g/mol. The van der Waals surface area contributed by atoms with Gasteiger partial charge in [-0.25, -0.2) is 0 Å². The summed E-state index contributed by atoms with van der Waals surface area (Å²) in [5.41, 5.74) is 4.76. The van der Waals surface area contributed by atoms with E-state index in [4.69, 9.17) is 9.47 Å². The number of nitrogens with one attached hydrogen (secondary N) is 1. The number of hydrogen-bond donors (Lipinski definition) is 1. The molecule has 1 amide bonds. The zero-order valence-corrected chi connectivity index (χ0v) is 22.5. The molecular weight excluding hydrogens is 503 g/mol. The second kappa shape index (κ2) is 13.2. The predicted octanol–water partition coefficient (Wildman–Crippen LogP) is 7.52. The first-order valence-electron chi connectivity index (χ1n) is 13.6. The van der Waals surface area contributed by atoms with Gasteiger partial charge in [0, 0.05) is 13.5 Å². The van der Waals surface area contributed by atoms with E-state index in [-0.39, 0.29) is 18.1 Å². The van der Waals surface area contributed by atoms with Crippen molar-refractivity contribution in [2.45, 2.75) is 77.4 Å². The summed E-state index contributed by atoms with van der Waals surface area (Å²) in [5.74, 6) is 0.785. The fourth-order valence-corrected chi connectivity index (χ4v) is 4.96. The summed E-state index contributed by atoms with van der Waals surface area (Å²) in [6.07, 6.45) is 0.877. The molecule has 0 saturated heterocycles. The van der Waals surface area contributed by atoms with Gasteiger partial charge < -0.3 is 14.8 Å². The molecule has 1 fully saturated rings. The van der Waals surface area contributed by atoms with Crippen molar-refractivity contribution in [3.63, 3.8) is 0 Å². The van der Waals surface area contributed by atoms with Crippen LogP contribution >= 0.6 is 0 Å². The number of benzene rings is 3. The zero-order valence-electron chi connectivity index (χ0n) is 22.5. The number of carbonyl (C=O) groups is 1. The van der Waals surface area contributed by atoms with Crippen LogP contribution in [0.15, 0.2) is 66.7 Å². The zero-order chi connectivity index (χ0) is 27.8. The van der Waals surface area contributed by atoms with Crippen molar-refractivity contribution >= 4 is 5.91 Å². The van der Waals surface area contributed by atoms with Gasteiger partial charge in [-0.15, -0.1) is 0 Å². The standard InChI is InChI=1S/C32H36F3NO3/c1-3-23-5-4-6-26(19-23)31-20-30(12-9-25(31)17-18-36-22(2)37)39-29-15-13-28(14-16-29)38-21-24-7-10-27(11-8-24)32(33,34)35/h4-12,19-20,28-29H,3,13-18,21H2,1-2H3,(H,36,37). The molecule has 0 unspecified atom stereocenters. The summed E-state index contributed by atoms with van der Waals surface area (Å²) in [6, 6.07) is 19.9. The molecular formula is C32H36F3NO3. The Labute approximate surface area is 228 Å². The molecule has 4 nitrogen and oxygen atoms in total. The van der Waals surface area contributed by atoms with Crippen molar-refractivity contribution in [2.24, 2.45) is 0 Å². The highest BCUT2D eigenvalue weighted by atomic mass is 19.4. The van der Waals surface area contributed by atoms with E-state index in [1.165, 1.54) is 24.6 Å². The van der Waals surface area contributed by atoms with E-state index in [0.717, 1.165) is 78.7 Å². The molecule has 0 aliphatic heterocycles. The largest absolute Gasteiger partial charge is 0.490 e. The molecule has 208 valence electrons. The summed E-state index contributed by atoms with van der Waals surface area (Å²) < 4.78 is 50.7. The normalized spacial score (nSPS) is 17.6. The van der Waals surface area contributed by atoms with Gasteiger partial charge in [-0.1, -0.05) is 49.4 Å². The Bertz CT molecular complexity index is 1230. The Balaban J connectivity index is 1.35. The van der Waals surface area contributed by atoms with Gasteiger partial charge >= 0.3 is 6.18 Å². The first-order valence-corrected chi connectivity index (χ1v) is 13.6. The van der Waals surface area contributed by atoms with E-state index in [2.05, 4.69) is 48.6 Å². The van der Waals surface area contributed by atoms with Gasteiger partial charge in [-0.3, -0.25) is 4.79 Å².